The Morgan fingerprint density at radius 3 is 2.88 bits per heavy atom. The molecule has 1 aliphatic rings. The third kappa shape index (κ3) is 2.23. The van der Waals surface area contributed by atoms with Crippen LogP contribution in [0.4, 0.5) is 5.82 Å². The molecule has 0 saturated carbocycles. The topological polar surface area (TPSA) is 76.2 Å². The van der Waals surface area contributed by atoms with Crippen LogP contribution in [-0.4, -0.2) is 42.0 Å². The molecule has 1 atom stereocenters. The molecule has 6 nitrogen and oxygen atoms in total. The van der Waals surface area contributed by atoms with Crippen molar-refractivity contribution in [1.82, 2.24) is 10.2 Å². The first-order valence-corrected chi connectivity index (χ1v) is 5.20. The van der Waals surface area contributed by atoms with Crippen molar-refractivity contribution in [2.75, 3.05) is 25.1 Å². The second-order valence-corrected chi connectivity index (χ2v) is 3.75. The molecule has 88 valence electrons. The fourth-order valence-electron chi connectivity index (χ4n) is 1.44. The summed E-state index contributed by atoms with van der Waals surface area (Å²) in [5, 5.41) is 9.52. The minimum absolute atomic E-state index is 0.214. The van der Waals surface area contributed by atoms with Gasteiger partial charge in [-0.15, -0.1) is 0 Å². The van der Waals surface area contributed by atoms with Crippen molar-refractivity contribution in [3.05, 3.63) is 11.3 Å². The SMILES string of the molecule is Cc1[nH]nc(NC(=O)C2COCCO2)c1C. The second kappa shape index (κ2) is 4.63. The van der Waals surface area contributed by atoms with Crippen LogP contribution >= 0.6 is 0 Å². The highest BCUT2D eigenvalue weighted by molar-refractivity contribution is 5.94. The number of amides is 1. The van der Waals surface area contributed by atoms with Gasteiger partial charge in [0.25, 0.3) is 5.91 Å². The Hall–Kier alpha value is -1.40. The third-order valence-corrected chi connectivity index (χ3v) is 2.60. The second-order valence-electron chi connectivity index (χ2n) is 3.75. The summed E-state index contributed by atoms with van der Waals surface area (Å²) in [4.78, 5) is 11.8. The molecule has 2 N–H and O–H groups in total. The largest absolute Gasteiger partial charge is 0.376 e. The number of rotatable bonds is 2. The van der Waals surface area contributed by atoms with Crippen molar-refractivity contribution in [1.29, 1.82) is 0 Å². The monoisotopic (exact) mass is 225 g/mol. The standard InChI is InChI=1S/C10H15N3O3/c1-6-7(2)12-13-9(6)11-10(14)8-5-15-3-4-16-8/h8H,3-5H2,1-2H3,(H2,11,12,13,14). The Morgan fingerprint density at radius 2 is 2.31 bits per heavy atom. The van der Waals surface area contributed by atoms with E-state index in [1.54, 1.807) is 0 Å². The lowest BCUT2D eigenvalue weighted by molar-refractivity contribution is -0.142. The van der Waals surface area contributed by atoms with Crippen molar-refractivity contribution in [2.45, 2.75) is 20.0 Å². The van der Waals surface area contributed by atoms with Crippen molar-refractivity contribution >= 4 is 11.7 Å². The molecule has 0 bridgehead atoms. The number of nitrogens with zero attached hydrogens (tertiary/aromatic N) is 1. The van der Waals surface area contributed by atoms with Crippen molar-refractivity contribution in [3.63, 3.8) is 0 Å². The first kappa shape index (κ1) is 11.1. The molecule has 0 spiro atoms. The Kier molecular flexibility index (Phi) is 3.21. The van der Waals surface area contributed by atoms with Crippen LogP contribution < -0.4 is 5.32 Å². The number of ether oxygens (including phenoxy) is 2. The maximum absolute atomic E-state index is 11.8. The molecule has 16 heavy (non-hydrogen) atoms. The fourth-order valence-corrected chi connectivity index (χ4v) is 1.44. The van der Waals surface area contributed by atoms with Crippen LogP contribution in [-0.2, 0) is 14.3 Å². The summed E-state index contributed by atoms with van der Waals surface area (Å²) in [6, 6.07) is 0. The van der Waals surface area contributed by atoms with E-state index in [2.05, 4.69) is 15.5 Å². The maximum atomic E-state index is 11.8. The predicted molar refractivity (Wildman–Crippen MR) is 57.3 cm³/mol. The van der Waals surface area contributed by atoms with Gasteiger partial charge in [-0.25, -0.2) is 0 Å². The minimum atomic E-state index is -0.537. The quantitative estimate of drug-likeness (QED) is 0.763. The van der Waals surface area contributed by atoms with Gasteiger partial charge in [0.05, 0.1) is 19.8 Å². The zero-order valence-electron chi connectivity index (χ0n) is 9.37. The Morgan fingerprint density at radius 1 is 1.50 bits per heavy atom. The van der Waals surface area contributed by atoms with Crippen LogP contribution in [0.25, 0.3) is 0 Å². The van der Waals surface area contributed by atoms with Crippen LogP contribution in [0.5, 0.6) is 0 Å². The van der Waals surface area contributed by atoms with E-state index in [0.29, 0.717) is 25.6 Å². The smallest absolute Gasteiger partial charge is 0.257 e. The van der Waals surface area contributed by atoms with E-state index in [9.17, 15) is 4.79 Å². The van der Waals surface area contributed by atoms with Gasteiger partial charge in [-0.05, 0) is 13.8 Å². The molecule has 1 unspecified atom stereocenters. The van der Waals surface area contributed by atoms with Gasteiger partial charge in [0.2, 0.25) is 0 Å². The molecule has 1 saturated heterocycles. The lowest BCUT2D eigenvalue weighted by atomic mass is 10.2. The molecule has 6 heteroatoms. The lowest BCUT2D eigenvalue weighted by Gasteiger charge is -2.21. The van der Waals surface area contributed by atoms with E-state index in [0.717, 1.165) is 11.3 Å². The summed E-state index contributed by atoms with van der Waals surface area (Å²) < 4.78 is 10.4. The highest BCUT2D eigenvalue weighted by Crippen LogP contribution is 2.14. The number of nitrogens with one attached hydrogen (secondary N) is 2. The van der Waals surface area contributed by atoms with E-state index in [1.165, 1.54) is 0 Å². The van der Waals surface area contributed by atoms with Crippen LogP contribution in [0.1, 0.15) is 11.3 Å². The number of hydrogen-bond donors (Lipinski definition) is 2. The van der Waals surface area contributed by atoms with Crippen LogP contribution in [0, 0.1) is 13.8 Å². The average molecular weight is 225 g/mol. The number of aryl methyl sites for hydroxylation is 1. The first-order chi connectivity index (χ1) is 7.68. The average Bonchev–Trinajstić information content (AvgIpc) is 2.62. The molecule has 2 rings (SSSR count). The highest BCUT2D eigenvalue weighted by Gasteiger charge is 2.23. The fraction of sp³-hybridized carbons (Fsp3) is 0.600. The number of carbonyl (C=O) groups excluding carboxylic acids is 1. The van der Waals surface area contributed by atoms with Gasteiger partial charge in [-0.3, -0.25) is 9.89 Å². The molecule has 1 amide bonds. The summed E-state index contributed by atoms with van der Waals surface area (Å²) in [7, 11) is 0. The molecular formula is C10H15N3O3. The van der Waals surface area contributed by atoms with Crippen molar-refractivity contribution < 1.29 is 14.3 Å². The molecule has 2 heterocycles. The van der Waals surface area contributed by atoms with Crippen molar-refractivity contribution in [3.8, 4) is 0 Å². The molecule has 1 fully saturated rings. The van der Waals surface area contributed by atoms with E-state index >= 15 is 0 Å². The van der Waals surface area contributed by atoms with Gasteiger partial charge in [0, 0.05) is 11.3 Å². The van der Waals surface area contributed by atoms with Gasteiger partial charge >= 0.3 is 0 Å². The van der Waals surface area contributed by atoms with Crippen LogP contribution in [0.2, 0.25) is 0 Å². The summed E-state index contributed by atoms with van der Waals surface area (Å²) in [6.07, 6.45) is -0.537. The van der Waals surface area contributed by atoms with E-state index < -0.39 is 6.10 Å². The molecule has 1 aromatic heterocycles. The number of anilines is 1. The normalized spacial score (nSPS) is 20.8. The minimum Gasteiger partial charge on any atom is -0.376 e. The summed E-state index contributed by atoms with van der Waals surface area (Å²) >= 11 is 0. The summed E-state index contributed by atoms with van der Waals surface area (Å²) in [5.41, 5.74) is 1.88. The molecule has 0 aliphatic carbocycles. The number of aromatic amines is 1. The number of carbonyl (C=O) groups is 1. The number of hydrogen-bond acceptors (Lipinski definition) is 4. The summed E-state index contributed by atoms with van der Waals surface area (Å²) in [6.45, 7) is 5.10. The highest BCUT2D eigenvalue weighted by atomic mass is 16.6. The lowest BCUT2D eigenvalue weighted by Crippen LogP contribution is -2.39. The first-order valence-electron chi connectivity index (χ1n) is 5.20. The predicted octanol–water partition coefficient (Wildman–Crippen LogP) is 0.380. The molecule has 1 aliphatic heterocycles. The number of H-pyrrole nitrogens is 1. The van der Waals surface area contributed by atoms with Gasteiger partial charge in [-0.1, -0.05) is 0 Å². The summed E-state index contributed by atoms with van der Waals surface area (Å²) in [5.74, 6) is 0.339. The van der Waals surface area contributed by atoms with E-state index in [1.807, 2.05) is 13.8 Å². The third-order valence-electron chi connectivity index (χ3n) is 2.60. The zero-order valence-corrected chi connectivity index (χ0v) is 9.37. The Balaban J connectivity index is 1.98. The Bertz CT molecular complexity index is 383. The van der Waals surface area contributed by atoms with Gasteiger partial charge in [0.15, 0.2) is 11.9 Å². The van der Waals surface area contributed by atoms with Crippen molar-refractivity contribution in [2.24, 2.45) is 0 Å². The van der Waals surface area contributed by atoms with Crippen LogP contribution in [0.15, 0.2) is 0 Å². The molecular weight excluding hydrogens is 210 g/mol. The maximum Gasteiger partial charge on any atom is 0.257 e. The number of aromatic nitrogens is 2. The van der Waals surface area contributed by atoms with Gasteiger partial charge in [0.1, 0.15) is 0 Å². The van der Waals surface area contributed by atoms with Crippen LogP contribution in [0.3, 0.4) is 0 Å². The van der Waals surface area contributed by atoms with E-state index in [4.69, 9.17) is 9.47 Å². The zero-order chi connectivity index (χ0) is 11.5. The van der Waals surface area contributed by atoms with Gasteiger partial charge < -0.3 is 14.8 Å². The molecule has 0 radical (unpaired) electrons. The van der Waals surface area contributed by atoms with Gasteiger partial charge in [-0.2, -0.15) is 5.10 Å². The Labute approximate surface area is 93.3 Å². The van der Waals surface area contributed by atoms with E-state index in [-0.39, 0.29) is 5.91 Å². The molecule has 0 aromatic carbocycles. The molecule has 1 aromatic rings.